The zero-order chi connectivity index (χ0) is 11.6. The van der Waals surface area contributed by atoms with Crippen LogP contribution in [0.2, 0.25) is 0 Å². The van der Waals surface area contributed by atoms with Crippen LogP contribution in [0.5, 0.6) is 0 Å². The molecule has 0 saturated heterocycles. The number of nitrogens with one attached hydrogen (secondary N) is 1. The summed E-state index contributed by atoms with van der Waals surface area (Å²) >= 11 is 3.20. The minimum absolute atomic E-state index is 0.341. The Hall–Kier alpha value is -0.170. The maximum Gasteiger partial charge on any atom is 0.169 e. The largest absolute Gasteiger partial charge is 0.379 e. The highest BCUT2D eigenvalue weighted by molar-refractivity contribution is 8.00. The summed E-state index contributed by atoms with van der Waals surface area (Å²) in [5, 5.41) is 3.38. The van der Waals surface area contributed by atoms with Crippen LogP contribution < -0.4 is 5.32 Å². The van der Waals surface area contributed by atoms with Crippen LogP contribution in [0.25, 0.3) is 0 Å². The lowest BCUT2D eigenvalue weighted by molar-refractivity contribution is 0.0772. The number of thioether (sulfide) groups is 1. The lowest BCUT2D eigenvalue weighted by Crippen LogP contribution is -2.20. The van der Waals surface area contributed by atoms with Gasteiger partial charge in [-0.15, -0.1) is 0 Å². The molecule has 0 atom stereocenters. The van der Waals surface area contributed by atoms with E-state index in [9.17, 15) is 0 Å². The van der Waals surface area contributed by atoms with E-state index in [1.54, 1.807) is 18.1 Å². The molecule has 0 aliphatic rings. The predicted molar refractivity (Wildman–Crippen MR) is 69.2 cm³/mol. The van der Waals surface area contributed by atoms with Crippen LogP contribution in [0.3, 0.4) is 0 Å². The van der Waals surface area contributed by atoms with E-state index in [0.29, 0.717) is 6.10 Å². The zero-order valence-electron chi connectivity index (χ0n) is 9.81. The summed E-state index contributed by atoms with van der Waals surface area (Å²) in [7, 11) is 0. The molecule has 0 unspecified atom stereocenters. The van der Waals surface area contributed by atoms with Gasteiger partial charge < -0.3 is 10.1 Å². The third-order valence-corrected chi connectivity index (χ3v) is 3.59. The Labute approximate surface area is 105 Å². The van der Waals surface area contributed by atoms with Crippen LogP contribution in [0.4, 0.5) is 0 Å². The van der Waals surface area contributed by atoms with Gasteiger partial charge in [-0.2, -0.15) is 4.37 Å². The lowest BCUT2D eigenvalue weighted by atomic mass is 10.4. The summed E-state index contributed by atoms with van der Waals surface area (Å²) in [5.74, 6) is 1.04. The van der Waals surface area contributed by atoms with Crippen molar-refractivity contribution < 1.29 is 4.74 Å². The first-order valence-electron chi connectivity index (χ1n) is 5.51. The lowest BCUT2D eigenvalue weighted by Gasteiger charge is -2.07. The molecule has 1 rings (SSSR count). The van der Waals surface area contributed by atoms with E-state index in [-0.39, 0.29) is 0 Å². The first-order valence-corrected chi connectivity index (χ1v) is 7.26. The third kappa shape index (κ3) is 7.16. The summed E-state index contributed by atoms with van der Waals surface area (Å²) in [5.41, 5.74) is 0. The van der Waals surface area contributed by atoms with Gasteiger partial charge in [0.1, 0.15) is 6.33 Å². The van der Waals surface area contributed by atoms with Gasteiger partial charge in [-0.25, -0.2) is 4.98 Å². The van der Waals surface area contributed by atoms with Gasteiger partial charge >= 0.3 is 0 Å². The molecule has 1 aromatic heterocycles. The monoisotopic (exact) mass is 261 g/mol. The Morgan fingerprint density at radius 1 is 1.50 bits per heavy atom. The molecule has 0 saturated carbocycles. The highest BCUT2D eigenvalue weighted by Gasteiger charge is 1.97. The van der Waals surface area contributed by atoms with Crippen molar-refractivity contribution in [3.8, 4) is 0 Å². The Morgan fingerprint density at radius 3 is 3.06 bits per heavy atom. The van der Waals surface area contributed by atoms with Crippen LogP contribution in [0, 0.1) is 0 Å². The Morgan fingerprint density at radius 2 is 2.38 bits per heavy atom. The second-order valence-corrected chi connectivity index (χ2v) is 5.70. The molecule has 1 N–H and O–H groups in total. The van der Waals surface area contributed by atoms with Gasteiger partial charge in [0.05, 0.1) is 6.10 Å². The second-order valence-electron chi connectivity index (χ2n) is 3.58. The molecule has 92 valence electrons. The summed E-state index contributed by atoms with van der Waals surface area (Å²) < 4.78 is 10.4. The number of hydrogen-bond acceptors (Lipinski definition) is 6. The molecule has 0 radical (unpaired) electrons. The molecule has 0 amide bonds. The number of nitrogens with zero attached hydrogens (tertiary/aromatic N) is 2. The molecule has 0 aromatic carbocycles. The normalized spacial score (nSPS) is 11.2. The predicted octanol–water partition coefficient (Wildman–Crippen LogP) is 2.03. The number of ether oxygens (including phenoxy) is 1. The average molecular weight is 261 g/mol. The topological polar surface area (TPSA) is 47.0 Å². The van der Waals surface area contributed by atoms with E-state index < -0.39 is 0 Å². The molecule has 0 aliphatic carbocycles. The van der Waals surface area contributed by atoms with E-state index in [1.807, 2.05) is 0 Å². The summed E-state index contributed by atoms with van der Waals surface area (Å²) in [6.45, 7) is 6.99. The number of aromatic nitrogens is 2. The molecule has 0 bridgehead atoms. The minimum atomic E-state index is 0.341. The van der Waals surface area contributed by atoms with Crippen molar-refractivity contribution in [3.63, 3.8) is 0 Å². The summed E-state index contributed by atoms with van der Waals surface area (Å²) in [4.78, 5) is 4.11. The van der Waals surface area contributed by atoms with Crippen LogP contribution >= 0.6 is 23.3 Å². The quantitative estimate of drug-likeness (QED) is 0.544. The highest BCUT2D eigenvalue weighted by Crippen LogP contribution is 2.16. The molecular formula is C10H19N3OS2. The van der Waals surface area contributed by atoms with Gasteiger partial charge in [0, 0.05) is 18.9 Å². The Bertz CT molecular complexity index is 255. The van der Waals surface area contributed by atoms with Gasteiger partial charge in [0.15, 0.2) is 4.34 Å². The molecule has 4 nitrogen and oxygen atoms in total. The van der Waals surface area contributed by atoms with E-state index in [4.69, 9.17) is 4.74 Å². The van der Waals surface area contributed by atoms with Crippen molar-refractivity contribution in [1.29, 1.82) is 0 Å². The molecule has 0 spiro atoms. The van der Waals surface area contributed by atoms with E-state index in [1.165, 1.54) is 11.5 Å². The van der Waals surface area contributed by atoms with Crippen molar-refractivity contribution >= 4 is 23.3 Å². The standard InChI is InChI=1S/C10H19N3OS2/c1-9(2)14-6-3-4-11-5-7-15-10-12-8-13-16-10/h8-9,11H,3-7H2,1-2H3. The Kier molecular flexibility index (Phi) is 7.75. The molecule has 16 heavy (non-hydrogen) atoms. The van der Waals surface area contributed by atoms with Crippen LogP contribution in [-0.4, -0.2) is 40.9 Å². The molecule has 1 heterocycles. The summed E-state index contributed by atoms with van der Waals surface area (Å²) in [6, 6.07) is 0. The zero-order valence-corrected chi connectivity index (χ0v) is 11.4. The van der Waals surface area contributed by atoms with Crippen molar-refractivity contribution in [2.45, 2.75) is 30.7 Å². The Balaban J connectivity index is 1.82. The van der Waals surface area contributed by atoms with Gasteiger partial charge in [-0.3, -0.25) is 0 Å². The average Bonchev–Trinajstić information content (AvgIpc) is 2.74. The van der Waals surface area contributed by atoms with Crippen LogP contribution in [0.15, 0.2) is 10.7 Å². The van der Waals surface area contributed by atoms with E-state index in [2.05, 4.69) is 28.5 Å². The maximum absolute atomic E-state index is 5.45. The fraction of sp³-hybridized carbons (Fsp3) is 0.800. The fourth-order valence-corrected chi connectivity index (χ4v) is 2.49. The molecule has 0 fully saturated rings. The van der Waals surface area contributed by atoms with E-state index >= 15 is 0 Å². The van der Waals surface area contributed by atoms with Crippen LogP contribution in [0.1, 0.15) is 20.3 Å². The van der Waals surface area contributed by atoms with Crippen molar-refractivity contribution in [2.75, 3.05) is 25.4 Å². The molecule has 0 aliphatic heterocycles. The minimum Gasteiger partial charge on any atom is -0.379 e. The fourth-order valence-electron chi connectivity index (χ4n) is 1.08. The maximum atomic E-state index is 5.45. The smallest absolute Gasteiger partial charge is 0.169 e. The van der Waals surface area contributed by atoms with Crippen molar-refractivity contribution in [1.82, 2.24) is 14.7 Å². The van der Waals surface area contributed by atoms with Crippen molar-refractivity contribution in [3.05, 3.63) is 6.33 Å². The van der Waals surface area contributed by atoms with Crippen LogP contribution in [-0.2, 0) is 4.74 Å². The SMILES string of the molecule is CC(C)OCCCNCCSc1ncns1. The van der Waals surface area contributed by atoms with Gasteiger partial charge in [-0.05, 0) is 38.3 Å². The number of hydrogen-bond donors (Lipinski definition) is 1. The van der Waals surface area contributed by atoms with Gasteiger partial charge in [0.25, 0.3) is 0 Å². The van der Waals surface area contributed by atoms with Crippen molar-refractivity contribution in [2.24, 2.45) is 0 Å². The third-order valence-electron chi connectivity index (χ3n) is 1.79. The highest BCUT2D eigenvalue weighted by atomic mass is 32.2. The van der Waals surface area contributed by atoms with Gasteiger partial charge in [-0.1, -0.05) is 11.8 Å². The molecule has 1 aromatic rings. The summed E-state index contributed by atoms with van der Waals surface area (Å²) in [6.07, 6.45) is 3.01. The molecule has 6 heteroatoms. The molecular weight excluding hydrogens is 242 g/mol. The first kappa shape index (κ1) is 13.9. The second kappa shape index (κ2) is 8.92. The number of rotatable bonds is 9. The van der Waals surface area contributed by atoms with Gasteiger partial charge in [0.2, 0.25) is 0 Å². The first-order chi connectivity index (χ1) is 7.79. The van der Waals surface area contributed by atoms with E-state index in [0.717, 1.165) is 36.2 Å².